The maximum atomic E-state index is 11.1. The van der Waals surface area contributed by atoms with E-state index in [1.165, 1.54) is 5.56 Å². The summed E-state index contributed by atoms with van der Waals surface area (Å²) < 4.78 is 16.2. The summed E-state index contributed by atoms with van der Waals surface area (Å²) in [6.07, 6.45) is 4.53. The summed E-state index contributed by atoms with van der Waals surface area (Å²) in [7, 11) is 1.62. The summed E-state index contributed by atoms with van der Waals surface area (Å²) >= 11 is 0. The Kier molecular flexibility index (Phi) is 7.57. The number of aliphatic hydroxyl groups excluding tert-OH is 2. The molecule has 3 N–H and O–H groups in total. The van der Waals surface area contributed by atoms with Crippen LogP contribution in [0.4, 0.5) is 0 Å². The molecule has 3 aromatic rings. The molecule has 2 aromatic carbocycles. The molecule has 192 valence electrons. The lowest BCUT2D eigenvalue weighted by molar-refractivity contribution is 0.0645. The van der Waals surface area contributed by atoms with E-state index in [0.29, 0.717) is 12.3 Å². The first-order valence-corrected chi connectivity index (χ1v) is 12.7. The standard InChI is InChI=1S/C28H35N3O5/c1-34-21-16-23-22(3-2-4-24(23)29-17-21)25(33)18-31-12-8-28(9-13-31,10-14-32)30-11-7-20-5-6-26-27(15-20)36-19-35-26/h2-6,15-17,25,30,32-33H,7-14,18-19H2,1H3. The molecule has 1 aromatic heterocycles. The number of ether oxygens (including phenoxy) is 3. The van der Waals surface area contributed by atoms with E-state index in [0.717, 1.165) is 73.3 Å². The van der Waals surface area contributed by atoms with Crippen molar-refractivity contribution in [2.24, 2.45) is 0 Å². The number of aromatic nitrogens is 1. The van der Waals surface area contributed by atoms with Gasteiger partial charge in [-0.05, 0) is 67.6 Å². The number of nitrogens with zero attached hydrogens (tertiary/aromatic N) is 2. The molecule has 0 radical (unpaired) electrons. The van der Waals surface area contributed by atoms with Crippen LogP contribution in [0.3, 0.4) is 0 Å². The van der Waals surface area contributed by atoms with Crippen molar-refractivity contribution in [1.82, 2.24) is 15.2 Å². The van der Waals surface area contributed by atoms with Crippen molar-refractivity contribution in [3.05, 3.63) is 59.8 Å². The molecule has 0 amide bonds. The zero-order valence-corrected chi connectivity index (χ0v) is 20.8. The van der Waals surface area contributed by atoms with Crippen LogP contribution in [-0.2, 0) is 6.42 Å². The van der Waals surface area contributed by atoms with Crippen LogP contribution in [0, 0.1) is 0 Å². The van der Waals surface area contributed by atoms with Gasteiger partial charge in [-0.3, -0.25) is 4.98 Å². The Bertz CT molecular complexity index is 1180. The molecule has 0 aliphatic carbocycles. The second kappa shape index (κ2) is 11.0. The largest absolute Gasteiger partial charge is 0.495 e. The summed E-state index contributed by atoms with van der Waals surface area (Å²) in [6.45, 7) is 3.55. The van der Waals surface area contributed by atoms with E-state index < -0.39 is 6.10 Å². The third-order valence-corrected chi connectivity index (χ3v) is 7.51. The fourth-order valence-corrected chi connectivity index (χ4v) is 5.36. The van der Waals surface area contributed by atoms with Crippen LogP contribution in [0.15, 0.2) is 48.7 Å². The molecular weight excluding hydrogens is 458 g/mol. The number of benzene rings is 2. The smallest absolute Gasteiger partial charge is 0.231 e. The van der Waals surface area contributed by atoms with Gasteiger partial charge in [0.15, 0.2) is 11.5 Å². The lowest BCUT2D eigenvalue weighted by atomic mass is 9.84. The molecule has 3 heterocycles. The van der Waals surface area contributed by atoms with Crippen molar-refractivity contribution in [2.75, 3.05) is 46.7 Å². The predicted molar refractivity (Wildman–Crippen MR) is 138 cm³/mol. The summed E-state index contributed by atoms with van der Waals surface area (Å²) in [5, 5.41) is 25.6. The number of pyridine rings is 1. The van der Waals surface area contributed by atoms with Gasteiger partial charge >= 0.3 is 0 Å². The van der Waals surface area contributed by atoms with Crippen LogP contribution < -0.4 is 19.5 Å². The maximum Gasteiger partial charge on any atom is 0.231 e. The van der Waals surface area contributed by atoms with Crippen molar-refractivity contribution < 1.29 is 24.4 Å². The number of β-amino-alcohol motifs (C(OH)–C–C–N with tert-alkyl or cyclic N) is 1. The number of methoxy groups -OCH3 is 1. The van der Waals surface area contributed by atoms with E-state index in [2.05, 4.69) is 21.3 Å². The van der Waals surface area contributed by atoms with Crippen molar-refractivity contribution in [3.63, 3.8) is 0 Å². The first kappa shape index (κ1) is 24.8. The molecule has 0 spiro atoms. The normalized spacial score (nSPS) is 17.9. The monoisotopic (exact) mass is 493 g/mol. The number of likely N-dealkylation sites (tertiary alicyclic amines) is 1. The van der Waals surface area contributed by atoms with Gasteiger partial charge < -0.3 is 34.6 Å². The predicted octanol–water partition coefficient (Wildman–Crippen LogP) is 3.05. The highest BCUT2D eigenvalue weighted by Gasteiger charge is 2.34. The van der Waals surface area contributed by atoms with Crippen LogP contribution in [0.5, 0.6) is 17.2 Å². The Morgan fingerprint density at radius 3 is 2.78 bits per heavy atom. The molecule has 8 heteroatoms. The van der Waals surface area contributed by atoms with E-state index in [9.17, 15) is 10.2 Å². The Morgan fingerprint density at radius 1 is 1.14 bits per heavy atom. The van der Waals surface area contributed by atoms with Gasteiger partial charge in [0.1, 0.15) is 5.75 Å². The van der Waals surface area contributed by atoms with Crippen LogP contribution in [0.1, 0.15) is 36.5 Å². The number of fused-ring (bicyclic) bond motifs is 2. The van der Waals surface area contributed by atoms with Gasteiger partial charge in [0, 0.05) is 37.2 Å². The van der Waals surface area contributed by atoms with Gasteiger partial charge in [0.2, 0.25) is 6.79 Å². The van der Waals surface area contributed by atoms with Gasteiger partial charge in [0.05, 0.1) is 24.9 Å². The minimum atomic E-state index is -0.619. The van der Waals surface area contributed by atoms with Crippen LogP contribution >= 0.6 is 0 Å². The molecule has 0 saturated carbocycles. The lowest BCUT2D eigenvalue weighted by Gasteiger charge is -2.43. The average Bonchev–Trinajstić information content (AvgIpc) is 3.37. The molecule has 2 aliphatic rings. The van der Waals surface area contributed by atoms with E-state index in [-0.39, 0.29) is 18.9 Å². The highest BCUT2D eigenvalue weighted by Crippen LogP contribution is 2.33. The van der Waals surface area contributed by atoms with Gasteiger partial charge in [-0.1, -0.05) is 18.2 Å². The van der Waals surface area contributed by atoms with Crippen LogP contribution in [0.25, 0.3) is 10.9 Å². The molecule has 1 atom stereocenters. The molecule has 2 aliphatic heterocycles. The molecular formula is C28H35N3O5. The quantitative estimate of drug-likeness (QED) is 0.397. The number of piperidine rings is 1. The Labute approximate surface area is 211 Å². The number of aliphatic hydroxyl groups is 2. The fourth-order valence-electron chi connectivity index (χ4n) is 5.36. The topological polar surface area (TPSA) is 96.3 Å². The summed E-state index contributed by atoms with van der Waals surface area (Å²) in [5.74, 6) is 2.29. The van der Waals surface area contributed by atoms with Crippen molar-refractivity contribution in [2.45, 2.75) is 37.3 Å². The zero-order valence-electron chi connectivity index (χ0n) is 20.8. The third-order valence-electron chi connectivity index (χ3n) is 7.51. The number of nitrogens with one attached hydrogen (secondary N) is 1. The maximum absolute atomic E-state index is 11.1. The number of hydrogen-bond acceptors (Lipinski definition) is 8. The number of rotatable bonds is 10. The lowest BCUT2D eigenvalue weighted by Crippen LogP contribution is -2.54. The first-order chi connectivity index (χ1) is 17.6. The SMILES string of the molecule is COc1cnc2cccc(C(O)CN3CCC(CCO)(NCCc4ccc5c(c4)OCO5)CC3)c2c1. The van der Waals surface area contributed by atoms with Crippen molar-refractivity contribution in [1.29, 1.82) is 0 Å². The van der Waals surface area contributed by atoms with Gasteiger partial charge in [-0.2, -0.15) is 0 Å². The second-order valence-electron chi connectivity index (χ2n) is 9.72. The Morgan fingerprint density at radius 2 is 1.97 bits per heavy atom. The molecule has 1 fully saturated rings. The van der Waals surface area contributed by atoms with Gasteiger partial charge in [-0.25, -0.2) is 0 Å². The van der Waals surface area contributed by atoms with E-state index in [4.69, 9.17) is 14.2 Å². The van der Waals surface area contributed by atoms with E-state index in [1.54, 1.807) is 13.3 Å². The molecule has 0 bridgehead atoms. The minimum absolute atomic E-state index is 0.0940. The molecule has 5 rings (SSSR count). The van der Waals surface area contributed by atoms with Crippen molar-refractivity contribution in [3.8, 4) is 17.2 Å². The zero-order chi connectivity index (χ0) is 25.0. The highest BCUT2D eigenvalue weighted by atomic mass is 16.7. The second-order valence-corrected chi connectivity index (χ2v) is 9.72. The van der Waals surface area contributed by atoms with Gasteiger partial charge in [0.25, 0.3) is 0 Å². The molecule has 36 heavy (non-hydrogen) atoms. The van der Waals surface area contributed by atoms with Crippen LogP contribution in [0.2, 0.25) is 0 Å². The molecule has 8 nitrogen and oxygen atoms in total. The first-order valence-electron chi connectivity index (χ1n) is 12.7. The van der Waals surface area contributed by atoms with E-state index >= 15 is 0 Å². The Balaban J connectivity index is 1.17. The summed E-state index contributed by atoms with van der Waals surface area (Å²) in [4.78, 5) is 6.77. The summed E-state index contributed by atoms with van der Waals surface area (Å²) in [6, 6.07) is 13.9. The van der Waals surface area contributed by atoms with Gasteiger partial charge in [-0.15, -0.1) is 0 Å². The molecule has 1 saturated heterocycles. The third kappa shape index (κ3) is 5.42. The fraction of sp³-hybridized carbons (Fsp3) is 0.464. The van der Waals surface area contributed by atoms with Crippen LogP contribution in [-0.4, -0.2) is 72.3 Å². The van der Waals surface area contributed by atoms with E-state index in [1.807, 2.05) is 36.4 Å². The van der Waals surface area contributed by atoms with Crippen molar-refractivity contribution >= 4 is 10.9 Å². The summed E-state index contributed by atoms with van der Waals surface area (Å²) in [5.41, 5.74) is 2.82. The molecule has 1 unspecified atom stereocenters. The Hall–Kier alpha value is -2.91. The highest BCUT2D eigenvalue weighted by molar-refractivity contribution is 5.83. The number of hydrogen-bond donors (Lipinski definition) is 3. The minimum Gasteiger partial charge on any atom is -0.495 e. The average molecular weight is 494 g/mol.